The lowest BCUT2D eigenvalue weighted by Crippen LogP contribution is -2.31. The molecule has 1 aromatic carbocycles. The van der Waals surface area contributed by atoms with E-state index in [4.69, 9.17) is 6.42 Å². The van der Waals surface area contributed by atoms with Crippen molar-refractivity contribution in [3.63, 3.8) is 0 Å². The first-order valence-electron chi connectivity index (χ1n) is 5.18. The molecule has 5 heteroatoms. The van der Waals surface area contributed by atoms with Crippen LogP contribution in [0.5, 0.6) is 0 Å². The maximum absolute atomic E-state index is 12.0. The second-order valence-electron chi connectivity index (χ2n) is 3.48. The number of non-ortho nitro benzene ring substituents is 1. The van der Waals surface area contributed by atoms with Gasteiger partial charge in [-0.2, -0.15) is 0 Å². The van der Waals surface area contributed by atoms with E-state index in [9.17, 15) is 14.9 Å². The predicted molar refractivity (Wildman–Crippen MR) is 68.0 cm³/mol. The number of rotatable bonds is 5. The Kier molecular flexibility index (Phi) is 4.64. The molecule has 1 rings (SSSR count). The van der Waals surface area contributed by atoms with Gasteiger partial charge >= 0.3 is 0 Å². The van der Waals surface area contributed by atoms with Gasteiger partial charge in [-0.25, -0.2) is 0 Å². The molecule has 0 N–H and O–H groups in total. The first-order chi connectivity index (χ1) is 8.60. The highest BCUT2D eigenvalue weighted by atomic mass is 16.6. The van der Waals surface area contributed by atoms with Crippen LogP contribution in [0.25, 0.3) is 0 Å². The molecule has 0 saturated heterocycles. The lowest BCUT2D eigenvalue weighted by molar-refractivity contribution is -0.384. The third-order valence-electron chi connectivity index (χ3n) is 2.24. The van der Waals surface area contributed by atoms with Crippen LogP contribution >= 0.6 is 0 Å². The van der Waals surface area contributed by atoms with E-state index in [1.165, 1.54) is 29.2 Å². The molecule has 0 aliphatic heterocycles. The van der Waals surface area contributed by atoms with Crippen molar-refractivity contribution in [2.24, 2.45) is 0 Å². The highest BCUT2D eigenvalue weighted by Crippen LogP contribution is 2.13. The quantitative estimate of drug-likeness (QED) is 0.343. The SMILES string of the molecule is C#CCN(CC=C)C(=O)c1ccc([N+](=O)[O-])cc1. The van der Waals surface area contributed by atoms with Crippen LogP contribution < -0.4 is 0 Å². The van der Waals surface area contributed by atoms with Gasteiger partial charge in [-0.15, -0.1) is 13.0 Å². The van der Waals surface area contributed by atoms with E-state index >= 15 is 0 Å². The molecular formula is C13H12N2O3. The lowest BCUT2D eigenvalue weighted by atomic mass is 10.2. The molecule has 5 nitrogen and oxygen atoms in total. The molecule has 0 aromatic heterocycles. The number of hydrogen-bond donors (Lipinski definition) is 0. The van der Waals surface area contributed by atoms with Crippen molar-refractivity contribution in [1.29, 1.82) is 0 Å². The molecule has 0 heterocycles. The Labute approximate surface area is 105 Å². The van der Waals surface area contributed by atoms with Crippen LogP contribution in [0.2, 0.25) is 0 Å². The third-order valence-corrected chi connectivity index (χ3v) is 2.24. The maximum Gasteiger partial charge on any atom is 0.269 e. The van der Waals surface area contributed by atoms with Crippen LogP contribution in [0.1, 0.15) is 10.4 Å². The highest BCUT2D eigenvalue weighted by molar-refractivity contribution is 5.94. The van der Waals surface area contributed by atoms with Crippen molar-refractivity contribution in [1.82, 2.24) is 4.90 Å². The maximum atomic E-state index is 12.0. The Balaban J connectivity index is 2.91. The molecule has 0 fully saturated rings. The molecule has 18 heavy (non-hydrogen) atoms. The average Bonchev–Trinajstić information content (AvgIpc) is 2.38. The Morgan fingerprint density at radius 2 is 2.11 bits per heavy atom. The fourth-order valence-corrected chi connectivity index (χ4v) is 1.39. The summed E-state index contributed by atoms with van der Waals surface area (Å²) in [5.41, 5.74) is 0.302. The molecule has 1 aromatic rings. The number of amides is 1. The molecule has 0 spiro atoms. The standard InChI is InChI=1S/C13H12N2O3/c1-3-9-14(10-4-2)13(16)11-5-7-12(8-6-11)15(17)18/h1,4-8H,2,9-10H2. The normalized spacial score (nSPS) is 9.28. The van der Waals surface area contributed by atoms with E-state index in [0.29, 0.717) is 12.1 Å². The molecule has 92 valence electrons. The van der Waals surface area contributed by atoms with Crippen molar-refractivity contribution >= 4 is 11.6 Å². The molecule has 0 bridgehead atoms. The topological polar surface area (TPSA) is 63.5 Å². The second-order valence-corrected chi connectivity index (χ2v) is 3.48. The van der Waals surface area contributed by atoms with E-state index in [1.807, 2.05) is 0 Å². The number of terminal acetylenes is 1. The van der Waals surface area contributed by atoms with Gasteiger partial charge in [0, 0.05) is 24.2 Å². The number of carbonyl (C=O) groups excluding carboxylic acids is 1. The van der Waals surface area contributed by atoms with E-state index in [1.54, 1.807) is 6.08 Å². The van der Waals surface area contributed by atoms with Crippen molar-refractivity contribution in [2.75, 3.05) is 13.1 Å². The average molecular weight is 244 g/mol. The zero-order chi connectivity index (χ0) is 13.5. The van der Waals surface area contributed by atoms with Crippen LogP contribution in [-0.4, -0.2) is 28.8 Å². The van der Waals surface area contributed by atoms with Gasteiger partial charge in [0.2, 0.25) is 0 Å². The number of nitro benzene ring substituents is 1. The summed E-state index contributed by atoms with van der Waals surface area (Å²) in [6.07, 6.45) is 6.74. The first-order valence-corrected chi connectivity index (χ1v) is 5.18. The van der Waals surface area contributed by atoms with Gasteiger partial charge in [0.05, 0.1) is 11.5 Å². The summed E-state index contributed by atoms with van der Waals surface area (Å²) in [6, 6.07) is 5.39. The fourth-order valence-electron chi connectivity index (χ4n) is 1.39. The van der Waals surface area contributed by atoms with Gasteiger partial charge in [0.15, 0.2) is 0 Å². The smallest absolute Gasteiger partial charge is 0.269 e. The molecule has 0 saturated carbocycles. The molecule has 0 aliphatic rings. The minimum Gasteiger partial charge on any atom is -0.324 e. The first kappa shape index (κ1) is 13.5. The fraction of sp³-hybridized carbons (Fsp3) is 0.154. The lowest BCUT2D eigenvalue weighted by Gasteiger charge is -2.18. The number of nitro groups is 1. The summed E-state index contributed by atoms with van der Waals surface area (Å²) in [7, 11) is 0. The van der Waals surface area contributed by atoms with E-state index in [2.05, 4.69) is 12.5 Å². The Morgan fingerprint density at radius 3 is 2.56 bits per heavy atom. The van der Waals surface area contributed by atoms with Crippen LogP contribution in [0, 0.1) is 22.5 Å². The summed E-state index contributed by atoms with van der Waals surface area (Å²) in [6.45, 7) is 4.05. The summed E-state index contributed by atoms with van der Waals surface area (Å²) >= 11 is 0. The Hall–Kier alpha value is -2.61. The van der Waals surface area contributed by atoms with Crippen LogP contribution in [0.4, 0.5) is 5.69 Å². The van der Waals surface area contributed by atoms with E-state index < -0.39 is 4.92 Å². The molecule has 0 radical (unpaired) electrons. The third kappa shape index (κ3) is 3.19. The van der Waals surface area contributed by atoms with Gasteiger partial charge in [-0.1, -0.05) is 12.0 Å². The van der Waals surface area contributed by atoms with Crippen molar-refractivity contribution in [3.8, 4) is 12.3 Å². The Morgan fingerprint density at radius 1 is 1.50 bits per heavy atom. The molecular weight excluding hydrogens is 232 g/mol. The van der Waals surface area contributed by atoms with Gasteiger partial charge in [0.1, 0.15) is 0 Å². The number of carbonyl (C=O) groups is 1. The Bertz CT molecular complexity index is 500. The predicted octanol–water partition coefficient (Wildman–Crippen LogP) is 1.86. The van der Waals surface area contributed by atoms with Crippen LogP contribution in [-0.2, 0) is 0 Å². The van der Waals surface area contributed by atoms with Gasteiger partial charge in [-0.3, -0.25) is 14.9 Å². The summed E-state index contributed by atoms with van der Waals surface area (Å²) in [5, 5.41) is 10.5. The van der Waals surface area contributed by atoms with E-state index in [0.717, 1.165) is 0 Å². The summed E-state index contributed by atoms with van der Waals surface area (Å²) in [4.78, 5) is 23.4. The molecule has 1 amide bonds. The summed E-state index contributed by atoms with van der Waals surface area (Å²) < 4.78 is 0. The number of benzene rings is 1. The second kappa shape index (κ2) is 6.21. The molecule has 0 atom stereocenters. The minimum atomic E-state index is -0.517. The minimum absolute atomic E-state index is 0.0567. The highest BCUT2D eigenvalue weighted by Gasteiger charge is 2.14. The monoisotopic (exact) mass is 244 g/mol. The zero-order valence-electron chi connectivity index (χ0n) is 9.70. The van der Waals surface area contributed by atoms with Gasteiger partial charge in [-0.05, 0) is 12.1 Å². The van der Waals surface area contributed by atoms with Crippen molar-refractivity contribution in [3.05, 3.63) is 52.6 Å². The van der Waals surface area contributed by atoms with Gasteiger partial charge < -0.3 is 4.90 Å². The van der Waals surface area contributed by atoms with Crippen molar-refractivity contribution in [2.45, 2.75) is 0 Å². The van der Waals surface area contributed by atoms with Gasteiger partial charge in [0.25, 0.3) is 11.6 Å². The number of nitrogens with zero attached hydrogens (tertiary/aromatic N) is 2. The molecule has 0 aliphatic carbocycles. The molecule has 0 unspecified atom stereocenters. The number of hydrogen-bond acceptors (Lipinski definition) is 3. The van der Waals surface area contributed by atoms with Crippen LogP contribution in [0.15, 0.2) is 36.9 Å². The largest absolute Gasteiger partial charge is 0.324 e. The zero-order valence-corrected chi connectivity index (χ0v) is 9.70. The van der Waals surface area contributed by atoms with Crippen molar-refractivity contribution < 1.29 is 9.72 Å². The van der Waals surface area contributed by atoms with Crippen LogP contribution in [0.3, 0.4) is 0 Å². The van der Waals surface area contributed by atoms with E-state index in [-0.39, 0.29) is 18.1 Å². The summed E-state index contributed by atoms with van der Waals surface area (Å²) in [5.74, 6) is 2.11.